The van der Waals surface area contributed by atoms with Crippen LogP contribution in [-0.2, 0) is 24.2 Å². The van der Waals surface area contributed by atoms with Gasteiger partial charge in [0.2, 0.25) is 17.7 Å². The topological polar surface area (TPSA) is 206 Å². The molecule has 3 aromatic rings. The lowest BCUT2D eigenvalue weighted by atomic mass is 9.90. The summed E-state index contributed by atoms with van der Waals surface area (Å²) < 4.78 is 36.3. The number of rotatable bonds is 19. The summed E-state index contributed by atoms with van der Waals surface area (Å²) in [7, 11) is -2.21. The Morgan fingerprint density at radius 2 is 1.50 bits per heavy atom. The van der Waals surface area contributed by atoms with Gasteiger partial charge in [0, 0.05) is 32.2 Å². The van der Waals surface area contributed by atoms with Crippen LogP contribution in [0.25, 0.3) is 0 Å². The number of hydrogen-bond donors (Lipinski definition) is 2. The molecule has 4 heterocycles. The second kappa shape index (κ2) is 19.7. The van der Waals surface area contributed by atoms with Crippen molar-refractivity contribution in [3.8, 4) is 11.5 Å². The lowest BCUT2D eigenvalue weighted by Gasteiger charge is -2.34. The van der Waals surface area contributed by atoms with Gasteiger partial charge in [0.15, 0.2) is 11.5 Å². The molecular weight excluding hydrogens is 843 g/mol. The monoisotopic (exact) mass is 897 g/mol. The van der Waals surface area contributed by atoms with E-state index in [4.69, 9.17) is 9.47 Å². The zero-order chi connectivity index (χ0) is 45.7. The van der Waals surface area contributed by atoms with Crippen molar-refractivity contribution in [2.45, 2.75) is 96.1 Å². The van der Waals surface area contributed by atoms with E-state index in [1.807, 2.05) is 6.07 Å². The van der Waals surface area contributed by atoms with Crippen molar-refractivity contribution in [1.82, 2.24) is 15.1 Å². The molecule has 0 bridgehead atoms. The fourth-order valence-corrected chi connectivity index (χ4v) is 10.2. The van der Waals surface area contributed by atoms with Crippen molar-refractivity contribution in [1.29, 1.82) is 0 Å². The number of piperidine rings is 2. The predicted molar refractivity (Wildman–Crippen MR) is 237 cm³/mol. The molecule has 0 spiro atoms. The Kier molecular flexibility index (Phi) is 14.2. The average Bonchev–Trinajstić information content (AvgIpc) is 3.67. The van der Waals surface area contributed by atoms with Gasteiger partial charge in [-0.05, 0) is 80.5 Å². The third-order valence-corrected chi connectivity index (χ3v) is 13.5. The van der Waals surface area contributed by atoms with Crippen LogP contribution in [0, 0.1) is 5.92 Å². The molecule has 7 rings (SSSR count). The van der Waals surface area contributed by atoms with Crippen molar-refractivity contribution in [2.24, 2.45) is 5.92 Å². The van der Waals surface area contributed by atoms with Gasteiger partial charge >= 0.3 is 0 Å². The molecule has 0 radical (unpaired) electrons. The number of ether oxygens (including phenoxy) is 2. The third kappa shape index (κ3) is 9.83. The smallest absolute Gasteiger partial charge is 0.264 e. The fourth-order valence-electron chi connectivity index (χ4n) is 9.33. The lowest BCUT2D eigenvalue weighted by Crippen LogP contribution is -2.54. The van der Waals surface area contributed by atoms with Crippen LogP contribution in [0.4, 0.5) is 11.4 Å². The van der Waals surface area contributed by atoms with Gasteiger partial charge in [0.05, 0.1) is 59.1 Å². The Hall–Kier alpha value is -6.10. The normalized spacial score (nSPS) is 18.3. The summed E-state index contributed by atoms with van der Waals surface area (Å²) >= 11 is 0. The highest BCUT2D eigenvalue weighted by Crippen LogP contribution is 2.40. The molecule has 0 saturated carbocycles. The molecule has 2 fully saturated rings. The summed E-state index contributed by atoms with van der Waals surface area (Å²) in [4.78, 5) is 96.1. The van der Waals surface area contributed by atoms with E-state index < -0.39 is 63.1 Å². The van der Waals surface area contributed by atoms with Gasteiger partial charge in [-0.25, -0.2) is 8.42 Å². The molecule has 0 unspecified atom stereocenters. The highest BCUT2D eigenvalue weighted by molar-refractivity contribution is 7.90. The van der Waals surface area contributed by atoms with Crippen LogP contribution in [0.3, 0.4) is 0 Å². The molecule has 4 aliphatic heterocycles. The number of hydrogen-bond acceptors (Lipinski definition) is 12. The first-order chi connectivity index (χ1) is 30.7. The maximum absolute atomic E-state index is 14.0. The Bertz CT molecular complexity index is 2460. The summed E-state index contributed by atoms with van der Waals surface area (Å²) in [6.45, 7) is 3.60. The fraction of sp³-hybridized carbons (Fsp3) is 0.468. The van der Waals surface area contributed by atoms with E-state index in [1.165, 1.54) is 13.2 Å². The minimum atomic E-state index is -3.68. The molecule has 2 N–H and O–H groups in total. The summed E-state index contributed by atoms with van der Waals surface area (Å²) in [5, 5.41) is 5.07. The van der Waals surface area contributed by atoms with Gasteiger partial charge in [-0.15, -0.1) is 0 Å². The van der Waals surface area contributed by atoms with E-state index in [2.05, 4.69) is 15.5 Å². The van der Waals surface area contributed by atoms with E-state index in [0.29, 0.717) is 47.3 Å². The Labute approximate surface area is 372 Å². The first-order valence-corrected chi connectivity index (χ1v) is 24.2. The van der Waals surface area contributed by atoms with Crippen molar-refractivity contribution in [2.75, 3.05) is 49.0 Å². The second-order valence-electron chi connectivity index (χ2n) is 16.9. The van der Waals surface area contributed by atoms with Crippen molar-refractivity contribution in [3.63, 3.8) is 0 Å². The number of nitrogens with one attached hydrogen (secondary N) is 2. The number of nitrogens with zero attached hydrogens (tertiary/aromatic N) is 3. The molecule has 340 valence electrons. The Morgan fingerprint density at radius 1 is 0.812 bits per heavy atom. The molecule has 4 aliphatic rings. The van der Waals surface area contributed by atoms with Gasteiger partial charge in [-0.2, -0.15) is 0 Å². The number of benzene rings is 3. The molecule has 17 heteroatoms. The molecule has 7 amide bonds. The SMILES string of the molecule is CCOc1cc([C@@H](CS(C)(=O)=O)N2C(=O)c3cccc(NC(=O)CCCCCCCCC4CCN(c5cccc6c5C(=O)N([C@H]5CCC(=O)NC5=O)C6=O)CC4)c3C2=O)ccc1OC. The molecule has 2 saturated heterocycles. The van der Waals surface area contributed by atoms with Crippen LogP contribution < -0.4 is 25.0 Å². The van der Waals surface area contributed by atoms with E-state index in [0.717, 1.165) is 80.5 Å². The molecule has 64 heavy (non-hydrogen) atoms. The minimum Gasteiger partial charge on any atom is -0.493 e. The quantitative estimate of drug-likeness (QED) is 0.107. The zero-order valence-electron chi connectivity index (χ0n) is 36.5. The first-order valence-electron chi connectivity index (χ1n) is 22.1. The maximum atomic E-state index is 14.0. The van der Waals surface area contributed by atoms with E-state index in [-0.39, 0.29) is 47.5 Å². The number of fused-ring (bicyclic) bond motifs is 2. The summed E-state index contributed by atoms with van der Waals surface area (Å²) in [5.74, 6) is -2.87. The molecule has 0 aliphatic carbocycles. The van der Waals surface area contributed by atoms with E-state index in [1.54, 1.807) is 49.4 Å². The van der Waals surface area contributed by atoms with Crippen molar-refractivity contribution < 1.29 is 51.5 Å². The maximum Gasteiger partial charge on any atom is 0.264 e. The molecule has 2 atom stereocenters. The number of sulfone groups is 1. The van der Waals surface area contributed by atoms with Gasteiger partial charge in [-0.3, -0.25) is 48.7 Å². The Morgan fingerprint density at radius 3 is 2.19 bits per heavy atom. The van der Waals surface area contributed by atoms with E-state index >= 15 is 0 Å². The van der Waals surface area contributed by atoms with Crippen LogP contribution >= 0.6 is 0 Å². The van der Waals surface area contributed by atoms with E-state index in [9.17, 15) is 42.0 Å². The standard InChI is InChI=1S/C47H55N5O11S/c1-4-63-38-27-30(19-21-37(38)62-2)36(28-64(3,60)61)52-44(56)31-14-11-16-33(41(31)46(52)58)48-39(53)18-10-8-6-5-7-9-13-29-23-25-50(26-24-29)34-17-12-15-32-42(34)47(59)51(45(32)57)35-20-22-40(54)49-43(35)55/h11-12,14-17,19,21,27,29,35-36H,4-10,13,18,20,22-26,28H2,1-3H3,(H,48,53)(H,49,54,55)/t35-,36+/m0/s1. The predicted octanol–water partition coefficient (Wildman–Crippen LogP) is 5.85. The van der Waals surface area contributed by atoms with Crippen LogP contribution in [0.15, 0.2) is 54.6 Å². The van der Waals surface area contributed by atoms with Crippen LogP contribution in [-0.4, -0.2) is 104 Å². The third-order valence-electron chi connectivity index (χ3n) is 12.5. The van der Waals surface area contributed by atoms with Gasteiger partial charge in [0.1, 0.15) is 15.9 Å². The molecule has 16 nitrogen and oxygen atoms in total. The number of anilines is 2. The number of unbranched alkanes of at least 4 members (excludes halogenated alkanes) is 5. The summed E-state index contributed by atoms with van der Waals surface area (Å²) in [6.07, 6.45) is 10.1. The number of methoxy groups -OCH3 is 1. The number of carbonyl (C=O) groups is 7. The second-order valence-corrected chi connectivity index (χ2v) is 19.1. The lowest BCUT2D eigenvalue weighted by molar-refractivity contribution is -0.136. The highest BCUT2D eigenvalue weighted by Gasteiger charge is 2.47. The first kappa shape index (κ1) is 45.9. The summed E-state index contributed by atoms with van der Waals surface area (Å²) in [5.41, 5.74) is 2.01. The van der Waals surface area contributed by atoms with Crippen molar-refractivity contribution >= 4 is 62.6 Å². The van der Waals surface area contributed by atoms with Gasteiger partial charge in [0.25, 0.3) is 23.6 Å². The Balaban J connectivity index is 0.841. The number of imide groups is 3. The largest absolute Gasteiger partial charge is 0.493 e. The van der Waals surface area contributed by atoms with Crippen molar-refractivity contribution in [3.05, 3.63) is 82.4 Å². The zero-order valence-corrected chi connectivity index (χ0v) is 37.3. The van der Waals surface area contributed by atoms with Crippen LogP contribution in [0.5, 0.6) is 11.5 Å². The van der Waals surface area contributed by atoms with Crippen LogP contribution in [0.1, 0.15) is 137 Å². The minimum absolute atomic E-state index is 0.0251. The molecule has 0 aromatic heterocycles. The number of amides is 7. The highest BCUT2D eigenvalue weighted by atomic mass is 32.2. The average molecular weight is 898 g/mol. The molecular formula is C47H55N5O11S. The molecule has 3 aromatic carbocycles. The summed E-state index contributed by atoms with van der Waals surface area (Å²) in [6, 6.07) is 12.5. The van der Waals surface area contributed by atoms with Gasteiger partial charge in [-0.1, -0.05) is 56.7 Å². The van der Waals surface area contributed by atoms with Crippen LogP contribution in [0.2, 0.25) is 0 Å². The number of carbonyl (C=O) groups excluding carboxylic acids is 7. The van der Waals surface area contributed by atoms with Gasteiger partial charge < -0.3 is 19.7 Å².